The minimum Gasteiger partial charge on any atom is -0.308 e. The van der Waals surface area contributed by atoms with Crippen LogP contribution in [0.4, 0.5) is 5.82 Å². The molecule has 5 nitrogen and oxygen atoms in total. The van der Waals surface area contributed by atoms with Gasteiger partial charge in [-0.25, -0.2) is 0 Å². The number of anilines is 1. The zero-order chi connectivity index (χ0) is 16.4. The number of nitrogens with one attached hydrogen (secondary N) is 2. The van der Waals surface area contributed by atoms with Gasteiger partial charge in [0.15, 0.2) is 5.82 Å². The number of benzene rings is 2. The first kappa shape index (κ1) is 14.8. The summed E-state index contributed by atoms with van der Waals surface area (Å²) in [6.45, 7) is 3.68. The second-order valence-corrected chi connectivity index (χ2v) is 5.67. The van der Waals surface area contributed by atoms with Crippen molar-refractivity contribution >= 4 is 22.6 Å². The summed E-state index contributed by atoms with van der Waals surface area (Å²) in [4.78, 5) is 11.8. The third-order valence-electron chi connectivity index (χ3n) is 3.65. The Morgan fingerprint density at radius 3 is 2.74 bits per heavy atom. The van der Waals surface area contributed by atoms with E-state index in [4.69, 9.17) is 5.26 Å². The highest BCUT2D eigenvalue weighted by molar-refractivity contribution is 6.01. The average Bonchev–Trinajstić information content (AvgIpc) is 2.97. The molecule has 0 aliphatic carbocycles. The molecule has 0 saturated heterocycles. The van der Waals surface area contributed by atoms with Crippen molar-refractivity contribution < 1.29 is 4.79 Å². The largest absolute Gasteiger partial charge is 0.308 e. The van der Waals surface area contributed by atoms with Gasteiger partial charge >= 0.3 is 0 Å². The van der Waals surface area contributed by atoms with Crippen molar-refractivity contribution in [3.8, 4) is 17.2 Å². The van der Waals surface area contributed by atoms with E-state index in [2.05, 4.69) is 21.6 Å². The molecule has 0 unspecified atom stereocenters. The molecule has 0 aliphatic rings. The van der Waals surface area contributed by atoms with E-state index in [1.165, 1.54) is 0 Å². The molecular formula is C18H16N4O. The van der Waals surface area contributed by atoms with Crippen LogP contribution in [-0.2, 0) is 4.79 Å². The molecule has 0 bridgehead atoms. The molecule has 0 atom stereocenters. The second kappa shape index (κ2) is 5.93. The second-order valence-electron chi connectivity index (χ2n) is 5.67. The standard InChI is InChI=1S/C18H16N4O/c1-11(2)18(23)20-17-15-7-6-14(9-16(15)21-22-17)13-5-3-4-12(8-13)10-19/h3-9,11H,1-2H3,(H2,20,21,22,23). The monoisotopic (exact) mass is 304 g/mol. The number of hydrogen-bond acceptors (Lipinski definition) is 3. The molecule has 5 heteroatoms. The summed E-state index contributed by atoms with van der Waals surface area (Å²) in [5.41, 5.74) is 3.41. The minimum atomic E-state index is -0.102. The lowest BCUT2D eigenvalue weighted by molar-refractivity contribution is -0.118. The molecule has 1 amide bonds. The molecular weight excluding hydrogens is 288 g/mol. The van der Waals surface area contributed by atoms with Crippen molar-refractivity contribution in [1.29, 1.82) is 5.26 Å². The maximum Gasteiger partial charge on any atom is 0.228 e. The Bertz CT molecular complexity index is 918. The topological polar surface area (TPSA) is 81.6 Å². The predicted molar refractivity (Wildman–Crippen MR) is 89.7 cm³/mol. The molecule has 23 heavy (non-hydrogen) atoms. The van der Waals surface area contributed by atoms with Gasteiger partial charge < -0.3 is 5.32 Å². The number of nitrogens with zero attached hydrogens (tertiary/aromatic N) is 2. The lowest BCUT2D eigenvalue weighted by atomic mass is 10.0. The van der Waals surface area contributed by atoms with E-state index in [0.717, 1.165) is 22.0 Å². The summed E-state index contributed by atoms with van der Waals surface area (Å²) in [6.07, 6.45) is 0. The van der Waals surface area contributed by atoms with Crippen LogP contribution in [0.15, 0.2) is 42.5 Å². The fourth-order valence-corrected chi connectivity index (χ4v) is 2.32. The summed E-state index contributed by atoms with van der Waals surface area (Å²) in [5, 5.41) is 19.8. The van der Waals surface area contributed by atoms with Gasteiger partial charge in [-0.1, -0.05) is 32.0 Å². The van der Waals surface area contributed by atoms with Crippen molar-refractivity contribution in [2.75, 3.05) is 5.32 Å². The number of fused-ring (bicyclic) bond motifs is 1. The molecule has 3 aromatic rings. The van der Waals surface area contributed by atoms with Crippen LogP contribution >= 0.6 is 0 Å². The Kier molecular flexibility index (Phi) is 3.82. The molecule has 0 fully saturated rings. The number of nitriles is 1. The van der Waals surface area contributed by atoms with Gasteiger partial charge in [-0.15, -0.1) is 0 Å². The van der Waals surface area contributed by atoms with Gasteiger partial charge in [0, 0.05) is 11.3 Å². The first-order valence-electron chi connectivity index (χ1n) is 7.38. The molecule has 114 valence electrons. The van der Waals surface area contributed by atoms with Crippen molar-refractivity contribution in [3.63, 3.8) is 0 Å². The van der Waals surface area contributed by atoms with E-state index in [-0.39, 0.29) is 11.8 Å². The molecule has 2 N–H and O–H groups in total. The minimum absolute atomic E-state index is 0.0656. The van der Waals surface area contributed by atoms with Crippen LogP contribution in [-0.4, -0.2) is 16.1 Å². The number of amides is 1. The lowest BCUT2D eigenvalue weighted by Crippen LogP contribution is -2.18. The molecule has 0 aliphatic heterocycles. The van der Waals surface area contributed by atoms with Crippen LogP contribution in [0, 0.1) is 17.2 Å². The van der Waals surface area contributed by atoms with Gasteiger partial charge in [0.05, 0.1) is 17.1 Å². The maximum absolute atomic E-state index is 11.8. The highest BCUT2D eigenvalue weighted by Gasteiger charge is 2.12. The fourth-order valence-electron chi connectivity index (χ4n) is 2.32. The molecule has 3 rings (SSSR count). The lowest BCUT2D eigenvalue weighted by Gasteiger charge is -2.05. The summed E-state index contributed by atoms with van der Waals surface area (Å²) < 4.78 is 0. The molecule has 0 spiro atoms. The van der Waals surface area contributed by atoms with Crippen LogP contribution in [0.5, 0.6) is 0 Å². The van der Waals surface area contributed by atoms with E-state index in [0.29, 0.717) is 11.4 Å². The fraction of sp³-hybridized carbons (Fsp3) is 0.167. The summed E-state index contributed by atoms with van der Waals surface area (Å²) in [5.74, 6) is 0.370. The zero-order valence-corrected chi connectivity index (χ0v) is 12.9. The van der Waals surface area contributed by atoms with Crippen LogP contribution in [0.2, 0.25) is 0 Å². The molecule has 0 saturated carbocycles. The number of carbonyl (C=O) groups is 1. The summed E-state index contributed by atoms with van der Waals surface area (Å²) in [7, 11) is 0. The maximum atomic E-state index is 11.8. The van der Waals surface area contributed by atoms with Gasteiger partial charge in [-0.2, -0.15) is 10.4 Å². The van der Waals surface area contributed by atoms with E-state index in [1.54, 1.807) is 6.07 Å². The number of hydrogen-bond donors (Lipinski definition) is 2. The average molecular weight is 304 g/mol. The van der Waals surface area contributed by atoms with Gasteiger partial charge in [-0.3, -0.25) is 9.89 Å². The number of H-pyrrole nitrogens is 1. The molecule has 1 heterocycles. The van der Waals surface area contributed by atoms with Crippen LogP contribution < -0.4 is 5.32 Å². The van der Waals surface area contributed by atoms with E-state index < -0.39 is 0 Å². The van der Waals surface area contributed by atoms with Gasteiger partial charge in [0.25, 0.3) is 0 Å². The number of aromatic amines is 1. The van der Waals surface area contributed by atoms with Gasteiger partial charge in [0.1, 0.15) is 0 Å². The van der Waals surface area contributed by atoms with Crippen LogP contribution in [0.1, 0.15) is 19.4 Å². The highest BCUT2D eigenvalue weighted by atomic mass is 16.1. The quantitative estimate of drug-likeness (QED) is 0.774. The Morgan fingerprint density at radius 1 is 1.22 bits per heavy atom. The molecule has 2 aromatic carbocycles. The first-order valence-corrected chi connectivity index (χ1v) is 7.38. The zero-order valence-electron chi connectivity index (χ0n) is 12.9. The Labute approximate surface area is 133 Å². The van der Waals surface area contributed by atoms with Gasteiger partial charge in [0.2, 0.25) is 5.91 Å². The predicted octanol–water partition coefficient (Wildman–Crippen LogP) is 3.70. The van der Waals surface area contributed by atoms with Gasteiger partial charge in [-0.05, 0) is 35.4 Å². The number of aromatic nitrogens is 2. The highest BCUT2D eigenvalue weighted by Crippen LogP contribution is 2.27. The van der Waals surface area contributed by atoms with E-state index in [1.807, 2.05) is 50.2 Å². The normalized spacial score (nSPS) is 10.7. The molecule has 0 radical (unpaired) electrons. The smallest absolute Gasteiger partial charge is 0.228 e. The third-order valence-corrected chi connectivity index (χ3v) is 3.65. The van der Waals surface area contributed by atoms with Crippen molar-refractivity contribution in [2.24, 2.45) is 5.92 Å². The Hall–Kier alpha value is -3.13. The summed E-state index contributed by atoms with van der Waals surface area (Å²) >= 11 is 0. The number of carbonyl (C=O) groups excluding carboxylic acids is 1. The SMILES string of the molecule is CC(C)C(=O)Nc1n[nH]c2cc(-c3cccc(C#N)c3)ccc12. The number of rotatable bonds is 3. The van der Waals surface area contributed by atoms with E-state index >= 15 is 0 Å². The molecule has 1 aromatic heterocycles. The van der Waals surface area contributed by atoms with Crippen molar-refractivity contribution in [2.45, 2.75) is 13.8 Å². The van der Waals surface area contributed by atoms with Crippen molar-refractivity contribution in [1.82, 2.24) is 10.2 Å². The Balaban J connectivity index is 1.98. The summed E-state index contributed by atoms with van der Waals surface area (Å²) in [6, 6.07) is 15.4. The third kappa shape index (κ3) is 2.92. The van der Waals surface area contributed by atoms with Crippen molar-refractivity contribution in [3.05, 3.63) is 48.0 Å². The van der Waals surface area contributed by atoms with Crippen LogP contribution in [0.3, 0.4) is 0 Å². The van der Waals surface area contributed by atoms with E-state index in [9.17, 15) is 4.79 Å². The first-order chi connectivity index (χ1) is 11.1. The van der Waals surface area contributed by atoms with Crippen LogP contribution in [0.25, 0.3) is 22.0 Å². The Morgan fingerprint density at radius 2 is 2.00 bits per heavy atom.